The lowest BCUT2D eigenvalue weighted by Crippen LogP contribution is -2.47. The van der Waals surface area contributed by atoms with Crippen LogP contribution in [0.5, 0.6) is 0 Å². The lowest BCUT2D eigenvalue weighted by molar-refractivity contribution is -0.137. The van der Waals surface area contributed by atoms with Crippen LogP contribution in [0.15, 0.2) is 18.2 Å². The highest BCUT2D eigenvalue weighted by molar-refractivity contribution is 6.42. The molecule has 1 aromatic carbocycles. The highest BCUT2D eigenvalue weighted by Crippen LogP contribution is 2.29. The van der Waals surface area contributed by atoms with E-state index < -0.39 is 0 Å². The fraction of sp³-hybridized carbons (Fsp3) is 0.467. The number of carbonyl (C=O) groups excluding carboxylic acids is 2. The predicted molar refractivity (Wildman–Crippen MR) is 88.8 cm³/mol. The first-order valence-electron chi connectivity index (χ1n) is 7.18. The molecule has 126 valence electrons. The van der Waals surface area contributed by atoms with E-state index in [1.165, 1.54) is 4.90 Å². The summed E-state index contributed by atoms with van der Waals surface area (Å²) < 4.78 is 5.71. The van der Waals surface area contributed by atoms with Crippen molar-refractivity contribution >= 4 is 35.1 Å². The van der Waals surface area contributed by atoms with Crippen LogP contribution in [0.3, 0.4) is 0 Å². The van der Waals surface area contributed by atoms with Gasteiger partial charge in [-0.1, -0.05) is 29.3 Å². The Balaban J connectivity index is 1.96. The van der Waals surface area contributed by atoms with Crippen LogP contribution in [0.1, 0.15) is 11.7 Å². The van der Waals surface area contributed by atoms with Crippen LogP contribution in [0.25, 0.3) is 0 Å². The van der Waals surface area contributed by atoms with E-state index in [1.54, 1.807) is 31.1 Å². The molecule has 0 spiro atoms. The van der Waals surface area contributed by atoms with E-state index in [1.807, 2.05) is 6.07 Å². The third-order valence-corrected chi connectivity index (χ3v) is 4.27. The summed E-state index contributed by atoms with van der Waals surface area (Å²) >= 11 is 11.9. The van der Waals surface area contributed by atoms with Gasteiger partial charge in [-0.05, 0) is 17.7 Å². The molecule has 0 aromatic heterocycles. The van der Waals surface area contributed by atoms with Gasteiger partial charge in [-0.25, -0.2) is 4.79 Å². The van der Waals surface area contributed by atoms with Gasteiger partial charge >= 0.3 is 6.03 Å². The molecule has 1 aliphatic heterocycles. The van der Waals surface area contributed by atoms with Crippen molar-refractivity contribution in [3.8, 4) is 0 Å². The molecule has 1 heterocycles. The molecule has 8 heteroatoms. The Labute approximate surface area is 145 Å². The van der Waals surface area contributed by atoms with Gasteiger partial charge in [0.2, 0.25) is 5.91 Å². The summed E-state index contributed by atoms with van der Waals surface area (Å²) in [6.45, 7) is 1.30. The van der Waals surface area contributed by atoms with E-state index in [2.05, 4.69) is 5.32 Å². The van der Waals surface area contributed by atoms with Gasteiger partial charge in [-0.3, -0.25) is 4.79 Å². The minimum absolute atomic E-state index is 0.0366. The minimum Gasteiger partial charge on any atom is -0.370 e. The average molecular weight is 360 g/mol. The quantitative estimate of drug-likeness (QED) is 0.899. The van der Waals surface area contributed by atoms with Gasteiger partial charge in [0.15, 0.2) is 0 Å². The van der Waals surface area contributed by atoms with Gasteiger partial charge in [0.05, 0.1) is 29.7 Å². The number of carbonyl (C=O) groups is 2. The molecular weight excluding hydrogens is 341 g/mol. The zero-order valence-electron chi connectivity index (χ0n) is 13.0. The number of nitrogens with zero attached hydrogens (tertiary/aromatic N) is 2. The average Bonchev–Trinajstić information content (AvgIpc) is 2.54. The molecule has 1 atom stereocenters. The smallest absolute Gasteiger partial charge is 0.317 e. The molecule has 1 N–H and O–H groups in total. The SMILES string of the molecule is CN(C)C(=O)NCC(=O)N1CCO[C@@H](c2ccc(Cl)c(Cl)c2)C1. The van der Waals surface area contributed by atoms with E-state index in [9.17, 15) is 9.59 Å². The van der Waals surface area contributed by atoms with Crippen molar-refractivity contribution in [2.75, 3.05) is 40.3 Å². The summed E-state index contributed by atoms with van der Waals surface area (Å²) in [6.07, 6.45) is -0.257. The van der Waals surface area contributed by atoms with Crippen LogP contribution in [0.2, 0.25) is 10.0 Å². The molecule has 3 amide bonds. The number of halogens is 2. The lowest BCUT2D eigenvalue weighted by Gasteiger charge is -2.33. The largest absolute Gasteiger partial charge is 0.370 e. The van der Waals surface area contributed by atoms with E-state index >= 15 is 0 Å². The fourth-order valence-corrected chi connectivity index (χ4v) is 2.52. The molecule has 1 fully saturated rings. The number of morpholine rings is 1. The highest BCUT2D eigenvalue weighted by atomic mass is 35.5. The van der Waals surface area contributed by atoms with Crippen LogP contribution in [0, 0.1) is 0 Å². The van der Waals surface area contributed by atoms with Gasteiger partial charge in [-0.2, -0.15) is 0 Å². The third-order valence-electron chi connectivity index (χ3n) is 3.53. The first-order chi connectivity index (χ1) is 10.9. The molecule has 1 aromatic rings. The monoisotopic (exact) mass is 359 g/mol. The zero-order valence-corrected chi connectivity index (χ0v) is 14.5. The summed E-state index contributed by atoms with van der Waals surface area (Å²) in [5.41, 5.74) is 0.870. The highest BCUT2D eigenvalue weighted by Gasteiger charge is 2.26. The number of benzene rings is 1. The molecule has 23 heavy (non-hydrogen) atoms. The van der Waals surface area contributed by atoms with E-state index in [4.69, 9.17) is 27.9 Å². The molecule has 0 saturated carbocycles. The summed E-state index contributed by atoms with van der Waals surface area (Å²) in [5, 5.41) is 3.50. The van der Waals surface area contributed by atoms with Gasteiger partial charge in [-0.15, -0.1) is 0 Å². The van der Waals surface area contributed by atoms with Gasteiger partial charge in [0.25, 0.3) is 0 Å². The summed E-state index contributed by atoms with van der Waals surface area (Å²) in [6, 6.07) is 4.99. The van der Waals surface area contributed by atoms with Crippen molar-refractivity contribution in [1.29, 1.82) is 0 Å². The maximum atomic E-state index is 12.2. The Morgan fingerprint density at radius 3 is 2.74 bits per heavy atom. The van der Waals surface area contributed by atoms with E-state index in [-0.39, 0.29) is 24.6 Å². The first-order valence-corrected chi connectivity index (χ1v) is 7.93. The Morgan fingerprint density at radius 1 is 1.35 bits per heavy atom. The van der Waals surface area contributed by atoms with Crippen LogP contribution < -0.4 is 5.32 Å². The number of urea groups is 1. The summed E-state index contributed by atoms with van der Waals surface area (Å²) in [7, 11) is 3.24. The maximum absolute atomic E-state index is 12.2. The van der Waals surface area contributed by atoms with Crippen LogP contribution in [-0.2, 0) is 9.53 Å². The van der Waals surface area contributed by atoms with Crippen molar-refractivity contribution in [2.45, 2.75) is 6.10 Å². The number of amides is 3. The Morgan fingerprint density at radius 2 is 2.09 bits per heavy atom. The van der Waals surface area contributed by atoms with E-state index in [0.717, 1.165) is 5.56 Å². The first kappa shape index (κ1) is 17.8. The van der Waals surface area contributed by atoms with Gasteiger partial charge in [0, 0.05) is 20.6 Å². The molecule has 6 nitrogen and oxygen atoms in total. The van der Waals surface area contributed by atoms with E-state index in [0.29, 0.717) is 29.7 Å². The number of hydrogen-bond donors (Lipinski definition) is 1. The van der Waals surface area contributed by atoms with Crippen molar-refractivity contribution in [3.63, 3.8) is 0 Å². The Hall–Kier alpha value is -1.50. The normalized spacial score (nSPS) is 17.7. The van der Waals surface area contributed by atoms with Crippen molar-refractivity contribution in [1.82, 2.24) is 15.1 Å². The zero-order chi connectivity index (χ0) is 17.0. The predicted octanol–water partition coefficient (Wildman–Crippen LogP) is 2.16. The van der Waals surface area contributed by atoms with Crippen molar-refractivity contribution in [3.05, 3.63) is 33.8 Å². The second-order valence-corrected chi connectivity index (χ2v) is 6.24. The maximum Gasteiger partial charge on any atom is 0.317 e. The van der Waals surface area contributed by atoms with Crippen LogP contribution >= 0.6 is 23.2 Å². The van der Waals surface area contributed by atoms with Crippen LogP contribution in [0.4, 0.5) is 4.79 Å². The topological polar surface area (TPSA) is 61.9 Å². The van der Waals surface area contributed by atoms with Crippen molar-refractivity contribution < 1.29 is 14.3 Å². The second kappa shape index (κ2) is 7.86. The molecule has 0 radical (unpaired) electrons. The number of rotatable bonds is 3. The van der Waals surface area contributed by atoms with Crippen LogP contribution in [-0.4, -0.2) is 62.1 Å². The number of nitrogens with one attached hydrogen (secondary N) is 1. The van der Waals surface area contributed by atoms with Gasteiger partial charge < -0.3 is 19.9 Å². The molecule has 1 aliphatic rings. The minimum atomic E-state index is -0.298. The number of ether oxygens (including phenoxy) is 1. The summed E-state index contributed by atoms with van der Waals surface area (Å²) in [5.74, 6) is -0.145. The van der Waals surface area contributed by atoms with Gasteiger partial charge in [0.1, 0.15) is 6.10 Å². The molecular formula is C15H19Cl2N3O3. The standard InChI is InChI=1S/C15H19Cl2N3O3/c1-19(2)15(22)18-8-14(21)20-5-6-23-13(9-20)10-3-4-11(16)12(17)7-10/h3-4,7,13H,5-6,8-9H2,1-2H3,(H,18,22)/t13-/m1/s1. The molecule has 0 unspecified atom stereocenters. The molecule has 1 saturated heterocycles. The fourth-order valence-electron chi connectivity index (χ4n) is 2.21. The molecule has 2 rings (SSSR count). The van der Waals surface area contributed by atoms with Crippen molar-refractivity contribution in [2.24, 2.45) is 0 Å². The molecule has 0 aliphatic carbocycles. The number of hydrogen-bond acceptors (Lipinski definition) is 3. The molecule has 0 bridgehead atoms. The lowest BCUT2D eigenvalue weighted by atomic mass is 10.1. The Bertz CT molecular complexity index is 595. The summed E-state index contributed by atoms with van der Waals surface area (Å²) in [4.78, 5) is 26.7. The third kappa shape index (κ3) is 4.73. The Kier molecular flexibility index (Phi) is 6.10. The second-order valence-electron chi connectivity index (χ2n) is 5.43.